The summed E-state index contributed by atoms with van der Waals surface area (Å²) < 4.78 is 0. The number of amides is 1. The van der Waals surface area contributed by atoms with Crippen molar-refractivity contribution >= 4 is 35.8 Å². The normalized spacial score (nSPS) is 15.1. The molecule has 1 aliphatic rings. The lowest BCUT2D eigenvalue weighted by molar-refractivity contribution is -0.128. The Labute approximate surface area is 149 Å². The van der Waals surface area contributed by atoms with Crippen molar-refractivity contribution in [3.05, 3.63) is 35.4 Å². The van der Waals surface area contributed by atoms with E-state index < -0.39 is 0 Å². The summed E-state index contributed by atoms with van der Waals surface area (Å²) >= 11 is 0. The highest BCUT2D eigenvalue weighted by molar-refractivity contribution is 14.0. The molecule has 1 amide bonds. The van der Waals surface area contributed by atoms with Gasteiger partial charge >= 0.3 is 0 Å². The molecule has 22 heavy (non-hydrogen) atoms. The predicted molar refractivity (Wildman–Crippen MR) is 100 cm³/mol. The number of nitrogens with zero attached hydrogens (tertiary/aromatic N) is 2. The Hall–Kier alpha value is -1.31. The average molecular weight is 416 g/mol. The number of carbonyl (C=O) groups is 1. The summed E-state index contributed by atoms with van der Waals surface area (Å²) in [6.07, 6.45) is 1.63. The Balaban J connectivity index is 0.00000242. The number of rotatable bonds is 5. The van der Waals surface area contributed by atoms with Crippen LogP contribution in [0.3, 0.4) is 0 Å². The summed E-state index contributed by atoms with van der Waals surface area (Å²) in [6.45, 7) is 6.10. The molecule has 6 heteroatoms. The van der Waals surface area contributed by atoms with Gasteiger partial charge in [-0.1, -0.05) is 24.3 Å². The Morgan fingerprint density at radius 3 is 2.64 bits per heavy atom. The first kappa shape index (κ1) is 18.7. The van der Waals surface area contributed by atoms with E-state index in [-0.39, 0.29) is 35.9 Å². The topological polar surface area (TPSA) is 70.7 Å². The van der Waals surface area contributed by atoms with Crippen molar-refractivity contribution < 1.29 is 4.79 Å². The monoisotopic (exact) mass is 416 g/mol. The van der Waals surface area contributed by atoms with E-state index in [1.165, 1.54) is 0 Å². The lowest BCUT2D eigenvalue weighted by Gasteiger charge is -2.17. The highest BCUT2D eigenvalue weighted by Gasteiger charge is 2.20. The van der Waals surface area contributed by atoms with Gasteiger partial charge < -0.3 is 16.0 Å². The van der Waals surface area contributed by atoms with Crippen molar-refractivity contribution in [3.8, 4) is 0 Å². The number of hydrogen-bond donors (Lipinski definition) is 2. The first-order valence-corrected chi connectivity index (χ1v) is 7.47. The standard InChI is InChI=1S/C16H24N4O.HI/c1-12(2)19-16(17)18-10-13-6-3-4-7-14(13)11-20-9-5-8-15(20)21;/h3-4,6-7,12H,5,8-11H2,1-2H3,(H3,17,18,19);1H. The Kier molecular flexibility index (Phi) is 7.64. The molecule has 0 unspecified atom stereocenters. The number of halogens is 1. The molecular formula is C16H25IN4O. The Morgan fingerprint density at radius 1 is 1.36 bits per heavy atom. The molecule has 1 heterocycles. The zero-order valence-electron chi connectivity index (χ0n) is 13.2. The molecule has 0 bridgehead atoms. The predicted octanol–water partition coefficient (Wildman–Crippen LogP) is 2.24. The summed E-state index contributed by atoms with van der Waals surface area (Å²) in [4.78, 5) is 18.0. The van der Waals surface area contributed by atoms with Crippen LogP contribution in [-0.4, -0.2) is 29.4 Å². The quantitative estimate of drug-likeness (QED) is 0.440. The van der Waals surface area contributed by atoms with Gasteiger partial charge in [0.15, 0.2) is 5.96 Å². The molecule has 1 fully saturated rings. The SMILES string of the molecule is CC(C)NC(N)=NCc1ccccc1CN1CCCC1=O.I. The van der Waals surface area contributed by atoms with E-state index >= 15 is 0 Å². The zero-order chi connectivity index (χ0) is 15.2. The zero-order valence-corrected chi connectivity index (χ0v) is 15.5. The molecule has 3 N–H and O–H groups in total. The number of likely N-dealkylation sites (tertiary alicyclic amines) is 1. The van der Waals surface area contributed by atoms with Crippen LogP contribution < -0.4 is 11.1 Å². The molecule has 0 radical (unpaired) electrons. The van der Waals surface area contributed by atoms with Gasteiger partial charge in [-0.2, -0.15) is 0 Å². The first-order chi connectivity index (χ1) is 10.1. The third-order valence-electron chi connectivity index (χ3n) is 3.51. The van der Waals surface area contributed by atoms with Gasteiger partial charge in [0, 0.05) is 25.6 Å². The van der Waals surface area contributed by atoms with Gasteiger partial charge in [-0.25, -0.2) is 4.99 Å². The second-order valence-corrected chi connectivity index (χ2v) is 5.69. The van der Waals surface area contributed by atoms with Gasteiger partial charge in [-0.05, 0) is 31.4 Å². The fourth-order valence-electron chi connectivity index (χ4n) is 2.45. The van der Waals surface area contributed by atoms with Crippen LogP contribution in [0, 0.1) is 0 Å². The number of carbonyl (C=O) groups excluding carboxylic acids is 1. The van der Waals surface area contributed by atoms with E-state index in [0.717, 1.165) is 24.1 Å². The van der Waals surface area contributed by atoms with E-state index in [1.807, 2.05) is 36.9 Å². The summed E-state index contributed by atoms with van der Waals surface area (Å²) in [5, 5.41) is 3.08. The van der Waals surface area contributed by atoms with Gasteiger partial charge in [0.2, 0.25) is 5.91 Å². The van der Waals surface area contributed by atoms with Gasteiger partial charge in [0.05, 0.1) is 6.54 Å². The minimum atomic E-state index is 0. The average Bonchev–Trinajstić information content (AvgIpc) is 2.83. The van der Waals surface area contributed by atoms with E-state index in [1.54, 1.807) is 0 Å². The second-order valence-electron chi connectivity index (χ2n) is 5.69. The molecule has 1 saturated heterocycles. The van der Waals surface area contributed by atoms with Crippen molar-refractivity contribution in [2.45, 2.75) is 45.8 Å². The summed E-state index contributed by atoms with van der Waals surface area (Å²) in [5.41, 5.74) is 8.10. The van der Waals surface area contributed by atoms with Gasteiger partial charge in [0.25, 0.3) is 0 Å². The van der Waals surface area contributed by atoms with E-state index in [2.05, 4.69) is 16.4 Å². The number of benzene rings is 1. The maximum atomic E-state index is 11.7. The van der Waals surface area contributed by atoms with Crippen molar-refractivity contribution in [1.82, 2.24) is 10.2 Å². The molecule has 0 aliphatic carbocycles. The molecule has 0 aromatic heterocycles. The minimum Gasteiger partial charge on any atom is -0.370 e. The molecule has 1 aromatic rings. The number of aliphatic imine (C=N–C) groups is 1. The second kappa shape index (κ2) is 8.97. The van der Waals surface area contributed by atoms with Crippen LogP contribution in [0.1, 0.15) is 37.8 Å². The van der Waals surface area contributed by atoms with Crippen LogP contribution in [0.2, 0.25) is 0 Å². The summed E-state index contributed by atoms with van der Waals surface area (Å²) in [7, 11) is 0. The van der Waals surface area contributed by atoms with Crippen LogP contribution in [0.5, 0.6) is 0 Å². The number of nitrogens with one attached hydrogen (secondary N) is 1. The summed E-state index contributed by atoms with van der Waals surface area (Å²) in [6, 6.07) is 8.36. The van der Waals surface area contributed by atoms with Crippen LogP contribution in [0.25, 0.3) is 0 Å². The Bertz CT molecular complexity index is 531. The fourth-order valence-corrected chi connectivity index (χ4v) is 2.45. The van der Waals surface area contributed by atoms with Crippen LogP contribution in [0.15, 0.2) is 29.3 Å². The lowest BCUT2D eigenvalue weighted by Crippen LogP contribution is -2.36. The number of nitrogens with two attached hydrogens (primary N) is 1. The molecule has 0 spiro atoms. The first-order valence-electron chi connectivity index (χ1n) is 7.47. The van der Waals surface area contributed by atoms with Crippen molar-refractivity contribution in [2.24, 2.45) is 10.7 Å². The summed E-state index contributed by atoms with van der Waals surface area (Å²) in [5.74, 6) is 0.700. The van der Waals surface area contributed by atoms with Gasteiger partial charge in [-0.3, -0.25) is 4.79 Å². The van der Waals surface area contributed by atoms with E-state index in [4.69, 9.17) is 5.73 Å². The van der Waals surface area contributed by atoms with E-state index in [0.29, 0.717) is 25.5 Å². The molecule has 122 valence electrons. The van der Waals surface area contributed by atoms with E-state index in [9.17, 15) is 4.79 Å². The van der Waals surface area contributed by atoms with Crippen molar-refractivity contribution in [2.75, 3.05) is 6.54 Å². The Morgan fingerprint density at radius 2 is 2.05 bits per heavy atom. The maximum absolute atomic E-state index is 11.7. The fraction of sp³-hybridized carbons (Fsp3) is 0.500. The third kappa shape index (κ3) is 5.47. The van der Waals surface area contributed by atoms with Crippen LogP contribution in [-0.2, 0) is 17.9 Å². The highest BCUT2D eigenvalue weighted by atomic mass is 127. The van der Waals surface area contributed by atoms with Crippen molar-refractivity contribution in [1.29, 1.82) is 0 Å². The molecule has 1 aromatic carbocycles. The van der Waals surface area contributed by atoms with Crippen LogP contribution in [0.4, 0.5) is 0 Å². The largest absolute Gasteiger partial charge is 0.370 e. The third-order valence-corrected chi connectivity index (χ3v) is 3.51. The lowest BCUT2D eigenvalue weighted by atomic mass is 10.1. The number of guanidine groups is 1. The molecule has 2 rings (SSSR count). The molecule has 5 nitrogen and oxygen atoms in total. The van der Waals surface area contributed by atoms with Gasteiger partial charge in [-0.15, -0.1) is 24.0 Å². The smallest absolute Gasteiger partial charge is 0.222 e. The maximum Gasteiger partial charge on any atom is 0.222 e. The highest BCUT2D eigenvalue weighted by Crippen LogP contribution is 2.17. The molecular weight excluding hydrogens is 391 g/mol. The minimum absolute atomic E-state index is 0. The van der Waals surface area contributed by atoms with Crippen molar-refractivity contribution in [3.63, 3.8) is 0 Å². The molecule has 0 saturated carbocycles. The number of hydrogen-bond acceptors (Lipinski definition) is 2. The van der Waals surface area contributed by atoms with Gasteiger partial charge in [0.1, 0.15) is 0 Å². The molecule has 0 atom stereocenters. The molecule has 1 aliphatic heterocycles. The van der Waals surface area contributed by atoms with Crippen LogP contribution >= 0.6 is 24.0 Å².